The third-order valence-corrected chi connectivity index (χ3v) is 3.56. The topological polar surface area (TPSA) is 94.0 Å². The van der Waals surface area contributed by atoms with Crippen molar-refractivity contribution in [2.45, 2.75) is 52.1 Å². The molecule has 0 bridgehead atoms. The molecule has 0 aliphatic carbocycles. The van der Waals surface area contributed by atoms with Crippen molar-refractivity contribution in [2.75, 3.05) is 0 Å². The van der Waals surface area contributed by atoms with Gasteiger partial charge in [-0.05, 0) is 19.4 Å². The number of aromatic nitrogens is 2. The maximum Gasteiger partial charge on any atom is 0.248 e. The second-order valence-corrected chi connectivity index (χ2v) is 6.82. The maximum atomic E-state index is 12.3. The number of hydrogen-bond acceptors (Lipinski definition) is 5. The molecule has 3 N–H and O–H groups in total. The number of carbonyl (C=O) groups is 1. The van der Waals surface area contributed by atoms with E-state index in [4.69, 9.17) is 10.3 Å². The van der Waals surface area contributed by atoms with E-state index < -0.39 is 12.1 Å². The molecule has 0 radical (unpaired) electrons. The van der Waals surface area contributed by atoms with Gasteiger partial charge >= 0.3 is 0 Å². The van der Waals surface area contributed by atoms with E-state index in [1.54, 1.807) is 6.92 Å². The molecule has 124 valence electrons. The summed E-state index contributed by atoms with van der Waals surface area (Å²) in [5.41, 5.74) is 7.69. The first-order valence-corrected chi connectivity index (χ1v) is 7.65. The van der Waals surface area contributed by atoms with Crippen LogP contribution in [0.15, 0.2) is 28.8 Å². The van der Waals surface area contributed by atoms with Gasteiger partial charge in [0.25, 0.3) is 0 Å². The molecule has 2 rings (SSSR count). The smallest absolute Gasteiger partial charge is 0.248 e. The molecular weight excluding hydrogens is 292 g/mol. The first kappa shape index (κ1) is 17.1. The molecule has 2 aromatic rings. The van der Waals surface area contributed by atoms with Crippen LogP contribution in [0.3, 0.4) is 0 Å². The van der Waals surface area contributed by atoms with E-state index >= 15 is 0 Å². The summed E-state index contributed by atoms with van der Waals surface area (Å²) in [7, 11) is 0. The molecule has 0 aliphatic heterocycles. The number of aryl methyl sites for hydroxylation is 1. The van der Waals surface area contributed by atoms with Gasteiger partial charge in [-0.2, -0.15) is 4.98 Å². The van der Waals surface area contributed by atoms with Crippen molar-refractivity contribution in [3.05, 3.63) is 47.1 Å². The van der Waals surface area contributed by atoms with Gasteiger partial charge in [-0.1, -0.05) is 55.8 Å². The molecule has 0 aliphatic rings. The zero-order valence-corrected chi connectivity index (χ0v) is 14.3. The first-order chi connectivity index (χ1) is 10.7. The Kier molecular flexibility index (Phi) is 4.85. The SMILES string of the molecule is Cc1ccc(C(N)C(=O)NC(C)c2nc(C(C)(C)C)no2)cc1. The van der Waals surface area contributed by atoms with Crippen LogP contribution in [-0.4, -0.2) is 16.0 Å². The fourth-order valence-corrected chi connectivity index (χ4v) is 2.01. The lowest BCUT2D eigenvalue weighted by molar-refractivity contribution is -0.123. The van der Waals surface area contributed by atoms with Crippen LogP contribution in [0, 0.1) is 6.92 Å². The van der Waals surface area contributed by atoms with Gasteiger partial charge in [0.15, 0.2) is 5.82 Å². The minimum atomic E-state index is -0.733. The summed E-state index contributed by atoms with van der Waals surface area (Å²) in [4.78, 5) is 16.6. The lowest BCUT2D eigenvalue weighted by Crippen LogP contribution is -2.35. The fourth-order valence-electron chi connectivity index (χ4n) is 2.01. The quantitative estimate of drug-likeness (QED) is 0.904. The average molecular weight is 316 g/mol. The number of hydrogen-bond donors (Lipinski definition) is 2. The Morgan fingerprint density at radius 2 is 1.87 bits per heavy atom. The first-order valence-electron chi connectivity index (χ1n) is 7.65. The monoisotopic (exact) mass is 316 g/mol. The predicted molar refractivity (Wildman–Crippen MR) is 87.7 cm³/mol. The van der Waals surface area contributed by atoms with Gasteiger partial charge in [-0.25, -0.2) is 0 Å². The van der Waals surface area contributed by atoms with Crippen LogP contribution in [-0.2, 0) is 10.2 Å². The van der Waals surface area contributed by atoms with E-state index in [2.05, 4.69) is 15.5 Å². The summed E-state index contributed by atoms with van der Waals surface area (Å²) in [5, 5.41) is 6.77. The van der Waals surface area contributed by atoms with Crippen LogP contribution < -0.4 is 11.1 Å². The van der Waals surface area contributed by atoms with Crippen molar-refractivity contribution < 1.29 is 9.32 Å². The molecule has 0 spiro atoms. The highest BCUT2D eigenvalue weighted by atomic mass is 16.5. The second kappa shape index (κ2) is 6.50. The van der Waals surface area contributed by atoms with E-state index in [-0.39, 0.29) is 11.3 Å². The predicted octanol–water partition coefficient (Wildman–Crippen LogP) is 2.55. The molecule has 6 heteroatoms. The van der Waals surface area contributed by atoms with Crippen LogP contribution in [0.4, 0.5) is 0 Å². The number of carbonyl (C=O) groups excluding carboxylic acids is 1. The van der Waals surface area contributed by atoms with Crippen molar-refractivity contribution in [3.63, 3.8) is 0 Å². The lowest BCUT2D eigenvalue weighted by Gasteiger charge is -2.15. The third-order valence-electron chi connectivity index (χ3n) is 3.56. The minimum Gasteiger partial charge on any atom is -0.343 e. The molecule has 0 fully saturated rings. The van der Waals surface area contributed by atoms with E-state index in [9.17, 15) is 4.79 Å². The normalized spacial score (nSPS) is 14.3. The van der Waals surface area contributed by atoms with Crippen LogP contribution in [0.2, 0.25) is 0 Å². The van der Waals surface area contributed by atoms with Gasteiger partial charge in [0.1, 0.15) is 12.1 Å². The Morgan fingerprint density at radius 1 is 1.26 bits per heavy atom. The molecule has 1 aromatic carbocycles. The number of nitrogens with two attached hydrogens (primary N) is 1. The van der Waals surface area contributed by atoms with Crippen molar-refractivity contribution in [1.29, 1.82) is 0 Å². The van der Waals surface area contributed by atoms with Gasteiger partial charge in [0, 0.05) is 5.41 Å². The van der Waals surface area contributed by atoms with E-state index in [1.807, 2.05) is 52.0 Å². The van der Waals surface area contributed by atoms with Gasteiger partial charge in [-0.3, -0.25) is 4.79 Å². The largest absolute Gasteiger partial charge is 0.343 e. The molecule has 2 atom stereocenters. The maximum absolute atomic E-state index is 12.3. The van der Waals surface area contributed by atoms with Crippen molar-refractivity contribution >= 4 is 5.91 Å². The van der Waals surface area contributed by atoms with Crippen LogP contribution in [0.5, 0.6) is 0 Å². The van der Waals surface area contributed by atoms with Crippen molar-refractivity contribution in [1.82, 2.24) is 15.5 Å². The Hall–Kier alpha value is -2.21. The molecule has 1 amide bonds. The Labute approximate surface area is 136 Å². The number of benzene rings is 1. The third kappa shape index (κ3) is 4.16. The number of nitrogens with one attached hydrogen (secondary N) is 1. The van der Waals surface area contributed by atoms with Crippen molar-refractivity contribution in [3.8, 4) is 0 Å². The zero-order valence-electron chi connectivity index (χ0n) is 14.3. The summed E-state index contributed by atoms with van der Waals surface area (Å²) in [6, 6.07) is 6.44. The van der Waals surface area contributed by atoms with Gasteiger partial charge in [0.2, 0.25) is 11.8 Å². The summed E-state index contributed by atoms with van der Waals surface area (Å²) < 4.78 is 5.24. The number of rotatable bonds is 4. The van der Waals surface area contributed by atoms with Crippen molar-refractivity contribution in [2.24, 2.45) is 5.73 Å². The highest BCUT2D eigenvalue weighted by Crippen LogP contribution is 2.21. The van der Waals surface area contributed by atoms with Gasteiger partial charge in [0.05, 0.1) is 0 Å². The number of amides is 1. The fraction of sp³-hybridized carbons (Fsp3) is 0.471. The number of nitrogens with zero attached hydrogens (tertiary/aromatic N) is 2. The highest BCUT2D eigenvalue weighted by Gasteiger charge is 2.25. The van der Waals surface area contributed by atoms with Gasteiger partial charge < -0.3 is 15.6 Å². The molecule has 6 nitrogen and oxygen atoms in total. The molecule has 1 heterocycles. The molecule has 0 saturated heterocycles. The highest BCUT2D eigenvalue weighted by molar-refractivity contribution is 5.83. The molecular formula is C17H24N4O2. The van der Waals surface area contributed by atoms with Crippen LogP contribution >= 0.6 is 0 Å². The molecule has 0 saturated carbocycles. The van der Waals surface area contributed by atoms with Crippen LogP contribution in [0.1, 0.15) is 62.6 Å². The Balaban J connectivity index is 2.04. The summed E-state index contributed by atoms with van der Waals surface area (Å²) >= 11 is 0. The lowest BCUT2D eigenvalue weighted by atomic mass is 9.96. The zero-order chi connectivity index (χ0) is 17.2. The summed E-state index contributed by atoms with van der Waals surface area (Å²) in [6.07, 6.45) is 0. The minimum absolute atomic E-state index is 0.205. The summed E-state index contributed by atoms with van der Waals surface area (Å²) in [5.74, 6) is 0.702. The molecule has 2 unspecified atom stereocenters. The Morgan fingerprint density at radius 3 is 2.39 bits per heavy atom. The van der Waals surface area contributed by atoms with Crippen LogP contribution in [0.25, 0.3) is 0 Å². The van der Waals surface area contributed by atoms with E-state index in [0.29, 0.717) is 11.7 Å². The second-order valence-electron chi connectivity index (χ2n) is 6.82. The average Bonchev–Trinajstić information content (AvgIpc) is 2.97. The summed E-state index contributed by atoms with van der Waals surface area (Å²) in [6.45, 7) is 9.77. The molecule has 23 heavy (non-hydrogen) atoms. The standard InChI is InChI=1S/C17H24N4O2/c1-10-6-8-12(9-7-10)13(18)14(22)19-11(2)15-20-16(21-23-15)17(3,4)5/h6-9,11,13H,18H2,1-5H3,(H,19,22). The van der Waals surface area contributed by atoms with Gasteiger partial charge in [-0.15, -0.1) is 0 Å². The van der Waals surface area contributed by atoms with E-state index in [0.717, 1.165) is 11.1 Å². The van der Waals surface area contributed by atoms with E-state index in [1.165, 1.54) is 0 Å². The molecule has 1 aromatic heterocycles. The Bertz CT molecular complexity index is 671.